The summed E-state index contributed by atoms with van der Waals surface area (Å²) < 4.78 is 164. The monoisotopic (exact) mass is 1260 g/mol. The summed E-state index contributed by atoms with van der Waals surface area (Å²) in [4.78, 5) is 31.5. The third kappa shape index (κ3) is 22.6. The molecule has 0 radical (unpaired) electrons. The van der Waals surface area contributed by atoms with E-state index in [0.29, 0.717) is 62.1 Å². The van der Waals surface area contributed by atoms with E-state index in [1.165, 1.54) is 30.3 Å². The van der Waals surface area contributed by atoms with E-state index in [2.05, 4.69) is 19.8 Å². The van der Waals surface area contributed by atoms with Crippen LogP contribution in [-0.2, 0) is 56.3 Å². The van der Waals surface area contributed by atoms with Crippen molar-refractivity contribution in [1.82, 2.24) is 24.7 Å². The Bertz CT molecular complexity index is 3310. The zero-order valence-electron chi connectivity index (χ0n) is 47.7. The zero-order valence-corrected chi connectivity index (χ0v) is 49.3. The Balaban J connectivity index is 0.000000210. The number of likely N-dealkylation sites (tertiary alicyclic amines) is 1. The van der Waals surface area contributed by atoms with Gasteiger partial charge in [0.05, 0.1) is 36.6 Å². The molecule has 0 aliphatic carbocycles. The molecule has 2 aliphatic heterocycles. The van der Waals surface area contributed by atoms with Gasteiger partial charge in [-0.05, 0) is 109 Å². The Kier molecular flexibility index (Phi) is 26.6. The van der Waals surface area contributed by atoms with Crippen molar-refractivity contribution in [2.75, 3.05) is 65.3 Å². The van der Waals surface area contributed by atoms with E-state index >= 15 is 0 Å². The average Bonchev–Trinajstić information content (AvgIpc) is 2.43. The molecule has 8 rings (SSSR count). The number of rotatable bonds is 23. The number of alkyl halides is 3. The van der Waals surface area contributed by atoms with Gasteiger partial charge in [-0.25, -0.2) is 43.9 Å². The van der Waals surface area contributed by atoms with Crippen molar-refractivity contribution < 1.29 is 66.6 Å². The molecule has 8 N–H and O–H groups in total. The number of ether oxygens (including phenoxy) is 1. The number of benzene rings is 6. The first kappa shape index (κ1) is 69.6. The fourth-order valence-corrected chi connectivity index (χ4v) is 11.4. The SMILES string of the molecule is CN(C[C@H](c1ccccc1Cl)N1CCOCC1)C(=O)C[C@H](N)Cc1cc(F)c(F)cc1F.N[C@@H](CC(=O)N[C@@H](CN1CCCC1)c1ccccc1)Cc1cc(F)c(F)cc1F.N[C@H](Cc1ccccc1F)CS(=O)(=O)NCc1cccc(C(F)(F)F)c1. The molecule has 87 heavy (non-hydrogen) atoms. The van der Waals surface area contributed by atoms with Gasteiger partial charge in [0, 0.05) is 87.9 Å². The predicted molar refractivity (Wildman–Crippen MR) is 313 cm³/mol. The Morgan fingerprint density at radius 2 is 1.20 bits per heavy atom. The molecule has 13 nitrogen and oxygen atoms in total. The number of sulfonamides is 1. The van der Waals surface area contributed by atoms with Gasteiger partial charge in [-0.15, -0.1) is 0 Å². The molecule has 472 valence electrons. The highest BCUT2D eigenvalue weighted by atomic mass is 35.5. The number of halogens is 11. The lowest BCUT2D eigenvalue weighted by atomic mass is 10.0. The summed E-state index contributed by atoms with van der Waals surface area (Å²) in [7, 11) is -2.16. The van der Waals surface area contributed by atoms with Crippen LogP contribution in [0.4, 0.5) is 43.9 Å². The maximum absolute atomic E-state index is 13.9. The summed E-state index contributed by atoms with van der Waals surface area (Å²) in [6, 6.07) is 27.5. The van der Waals surface area contributed by atoms with Gasteiger partial charge in [0.25, 0.3) is 0 Å². The molecule has 5 atom stereocenters. The molecular weight excluding hydrogens is 1190 g/mol. The number of hydrogen-bond acceptors (Lipinski definition) is 10. The fraction of sp³-hybridized carbons (Fsp3) is 0.387. The van der Waals surface area contributed by atoms with Gasteiger partial charge < -0.3 is 37.1 Å². The van der Waals surface area contributed by atoms with Crippen LogP contribution in [0.5, 0.6) is 0 Å². The first-order valence-corrected chi connectivity index (χ1v) is 30.1. The molecule has 0 saturated carbocycles. The smallest absolute Gasteiger partial charge is 0.379 e. The summed E-state index contributed by atoms with van der Waals surface area (Å²) >= 11 is 6.44. The minimum Gasteiger partial charge on any atom is -0.379 e. The molecule has 6 aromatic rings. The third-order valence-electron chi connectivity index (χ3n) is 14.5. The van der Waals surface area contributed by atoms with Gasteiger partial charge in [0.15, 0.2) is 23.3 Å². The average molecular weight is 1270 g/mol. The quantitative estimate of drug-likeness (QED) is 0.0305. The number of nitrogens with zero attached hydrogens (tertiary/aromatic N) is 3. The molecule has 0 bridgehead atoms. The highest BCUT2D eigenvalue weighted by Gasteiger charge is 2.31. The molecule has 0 unspecified atom stereocenters. The maximum Gasteiger partial charge on any atom is 0.416 e. The van der Waals surface area contributed by atoms with Crippen molar-refractivity contribution in [3.8, 4) is 0 Å². The van der Waals surface area contributed by atoms with Gasteiger partial charge in [0.1, 0.15) is 17.5 Å². The normalized spacial score (nSPS) is 15.7. The molecular formula is C62H71ClF10N8O5S. The number of nitrogens with one attached hydrogen (secondary N) is 2. The van der Waals surface area contributed by atoms with E-state index in [9.17, 15) is 61.9 Å². The lowest BCUT2D eigenvalue weighted by Gasteiger charge is -2.37. The van der Waals surface area contributed by atoms with Crippen LogP contribution in [0, 0.1) is 40.7 Å². The number of carbonyl (C=O) groups excluding carboxylic acids is 2. The highest BCUT2D eigenvalue weighted by Crippen LogP contribution is 2.31. The van der Waals surface area contributed by atoms with Crippen molar-refractivity contribution in [3.63, 3.8) is 0 Å². The summed E-state index contributed by atoms with van der Waals surface area (Å²) in [5, 5.41) is 3.64. The summed E-state index contributed by atoms with van der Waals surface area (Å²) in [5.74, 6) is -7.97. The summed E-state index contributed by atoms with van der Waals surface area (Å²) in [5.41, 5.74) is 19.2. The van der Waals surface area contributed by atoms with Crippen LogP contribution in [0.15, 0.2) is 127 Å². The van der Waals surface area contributed by atoms with Crippen molar-refractivity contribution >= 4 is 33.4 Å². The fourth-order valence-electron chi connectivity index (χ4n) is 9.97. The standard InChI is InChI=1S/C23H27ClF3N3O2.C22H26F3N3O.C17H18F4N2O2S/c1-29(23(31)12-16(28)10-15-11-20(26)21(27)13-19(15)25)14-22(30-6-8-32-9-7-30)17-4-2-3-5-18(17)24;23-18-13-20(25)19(24)11-16(18)10-17(26)12-22(29)27-21(14-28-8-4-5-9-28)15-6-2-1-3-7-15;18-16-7-2-1-5-13(16)9-15(22)11-26(24,25)23-10-12-4-3-6-14(8-12)17(19,20)21/h2-5,11,13,16,22H,6-10,12,14,28H2,1H3;1-3,6-7,11,13,17,21H,4-5,8-10,12,14,26H2,(H,27,29);1-8,15,23H,9-11,22H2/t16-,22-;17-,21+;15-/m111/s1. The van der Waals surface area contributed by atoms with Crippen molar-refractivity contribution in [2.45, 2.75) is 87.9 Å². The van der Waals surface area contributed by atoms with Crippen LogP contribution in [0.2, 0.25) is 5.02 Å². The zero-order chi connectivity index (χ0) is 63.4. The number of nitrogens with two attached hydrogens (primary N) is 3. The predicted octanol–water partition coefficient (Wildman–Crippen LogP) is 9.70. The topological polar surface area (TPSA) is 189 Å². The minimum absolute atomic E-state index is 0.0249. The van der Waals surface area contributed by atoms with Gasteiger partial charge in [-0.3, -0.25) is 14.5 Å². The Labute approximate surface area is 505 Å². The molecule has 2 saturated heterocycles. The van der Waals surface area contributed by atoms with E-state index in [0.717, 1.165) is 61.3 Å². The molecule has 2 heterocycles. The molecule has 0 aromatic heterocycles. The van der Waals surface area contributed by atoms with E-state index in [4.69, 9.17) is 33.5 Å². The number of amides is 2. The Morgan fingerprint density at radius 3 is 1.79 bits per heavy atom. The molecule has 2 fully saturated rings. The Morgan fingerprint density at radius 1 is 0.644 bits per heavy atom. The number of likely N-dealkylation sites (N-methyl/N-ethyl adjacent to an activating group) is 1. The Hall–Kier alpha value is -6.48. The van der Waals surface area contributed by atoms with Gasteiger partial charge >= 0.3 is 6.18 Å². The van der Waals surface area contributed by atoms with E-state index < -0.39 is 86.4 Å². The molecule has 25 heteroatoms. The van der Waals surface area contributed by atoms with E-state index in [1.807, 2.05) is 54.6 Å². The van der Waals surface area contributed by atoms with Gasteiger partial charge in [0.2, 0.25) is 21.8 Å². The lowest BCUT2D eigenvalue weighted by molar-refractivity contribution is -0.137. The van der Waals surface area contributed by atoms with Crippen molar-refractivity contribution in [2.24, 2.45) is 17.2 Å². The van der Waals surface area contributed by atoms with Crippen molar-refractivity contribution in [1.29, 1.82) is 0 Å². The lowest BCUT2D eigenvalue weighted by Crippen LogP contribution is -2.45. The second-order valence-corrected chi connectivity index (χ2v) is 23.7. The number of morpholine rings is 1. The molecule has 0 spiro atoms. The largest absolute Gasteiger partial charge is 0.416 e. The highest BCUT2D eigenvalue weighted by molar-refractivity contribution is 7.89. The molecule has 6 aromatic carbocycles. The minimum atomic E-state index is -4.50. The maximum atomic E-state index is 13.9. The number of carbonyl (C=O) groups is 2. The number of hydrogen-bond donors (Lipinski definition) is 5. The second-order valence-electron chi connectivity index (χ2n) is 21.4. The van der Waals surface area contributed by atoms with Gasteiger partial charge in [-0.1, -0.05) is 96.5 Å². The second kappa shape index (κ2) is 33.2. The van der Waals surface area contributed by atoms with Crippen LogP contribution in [0.3, 0.4) is 0 Å². The van der Waals surface area contributed by atoms with Gasteiger partial charge in [-0.2, -0.15) is 13.2 Å². The molecule has 2 aliphatic rings. The van der Waals surface area contributed by atoms with E-state index in [-0.39, 0.29) is 79.2 Å². The summed E-state index contributed by atoms with van der Waals surface area (Å²) in [6.07, 6.45) is -2.41. The van der Waals surface area contributed by atoms with Crippen LogP contribution < -0.4 is 27.2 Å². The first-order chi connectivity index (χ1) is 41.2. The van der Waals surface area contributed by atoms with Crippen LogP contribution in [-0.4, -0.2) is 118 Å². The van der Waals surface area contributed by atoms with Crippen LogP contribution >= 0.6 is 11.6 Å². The van der Waals surface area contributed by atoms with E-state index in [1.54, 1.807) is 18.0 Å². The first-order valence-electron chi connectivity index (χ1n) is 28.0. The summed E-state index contributed by atoms with van der Waals surface area (Å²) in [6.45, 7) is 5.45. The van der Waals surface area contributed by atoms with Crippen molar-refractivity contribution in [3.05, 3.63) is 212 Å². The van der Waals surface area contributed by atoms with Crippen LogP contribution in [0.25, 0.3) is 0 Å². The third-order valence-corrected chi connectivity index (χ3v) is 16.2. The van der Waals surface area contributed by atoms with Crippen LogP contribution in [0.1, 0.15) is 76.7 Å². The molecule has 2 amide bonds.